The summed E-state index contributed by atoms with van der Waals surface area (Å²) < 4.78 is 0.895. The molecule has 0 aliphatic heterocycles. The van der Waals surface area contributed by atoms with Gasteiger partial charge in [-0.25, -0.2) is 0 Å². The Morgan fingerprint density at radius 3 is 2.58 bits per heavy atom. The van der Waals surface area contributed by atoms with E-state index in [1.54, 1.807) is 6.07 Å². The van der Waals surface area contributed by atoms with Crippen LogP contribution in [-0.2, 0) is 0 Å². The second kappa shape index (κ2) is 6.70. The molecule has 0 fully saturated rings. The van der Waals surface area contributed by atoms with Crippen LogP contribution in [0.1, 0.15) is 5.56 Å². The maximum absolute atomic E-state index is 5.97. The predicted molar refractivity (Wildman–Crippen MR) is 84.8 cm³/mol. The van der Waals surface area contributed by atoms with E-state index in [0.717, 1.165) is 21.4 Å². The molecule has 3 N–H and O–H groups in total. The Morgan fingerprint density at radius 2 is 1.95 bits per heavy atom. The van der Waals surface area contributed by atoms with E-state index in [4.69, 9.17) is 17.3 Å². The highest BCUT2D eigenvalue weighted by atomic mass is 79.9. The number of benzene rings is 2. The topological polar surface area (TPSA) is 50.4 Å². The van der Waals surface area contributed by atoms with Gasteiger partial charge in [0.15, 0.2) is 0 Å². The standard InChI is InChI=1S/C14H13BrClN3/c15-11-6-12(16)8-13(7-11)18-19-14(9-17)10-4-2-1-3-5-10/h1-8,18H,9,17H2. The molecular formula is C14H13BrClN3. The van der Waals surface area contributed by atoms with Gasteiger partial charge in [0.05, 0.1) is 11.4 Å². The van der Waals surface area contributed by atoms with Crippen LogP contribution in [0.25, 0.3) is 0 Å². The molecule has 0 heterocycles. The van der Waals surface area contributed by atoms with Gasteiger partial charge in [0.1, 0.15) is 0 Å². The summed E-state index contributed by atoms with van der Waals surface area (Å²) in [5.41, 5.74) is 11.3. The van der Waals surface area contributed by atoms with Crippen LogP contribution in [0.2, 0.25) is 5.02 Å². The summed E-state index contributed by atoms with van der Waals surface area (Å²) >= 11 is 9.36. The molecule has 19 heavy (non-hydrogen) atoms. The molecule has 3 nitrogen and oxygen atoms in total. The fraction of sp³-hybridized carbons (Fsp3) is 0.0714. The number of nitrogens with one attached hydrogen (secondary N) is 1. The minimum atomic E-state index is 0.360. The third-order valence-corrected chi connectivity index (χ3v) is 3.16. The zero-order chi connectivity index (χ0) is 13.7. The van der Waals surface area contributed by atoms with Crippen LogP contribution in [0.3, 0.4) is 0 Å². The second-order valence-electron chi connectivity index (χ2n) is 3.90. The molecule has 0 bridgehead atoms. The number of halogens is 2. The van der Waals surface area contributed by atoms with Crippen LogP contribution < -0.4 is 11.2 Å². The molecule has 2 aromatic rings. The molecule has 0 aliphatic rings. The molecule has 2 rings (SSSR count). The van der Waals surface area contributed by atoms with Crippen molar-refractivity contribution in [2.45, 2.75) is 0 Å². The van der Waals surface area contributed by atoms with Crippen LogP contribution in [0.15, 0.2) is 58.1 Å². The van der Waals surface area contributed by atoms with E-state index in [1.165, 1.54) is 0 Å². The van der Waals surface area contributed by atoms with Crippen molar-refractivity contribution in [2.24, 2.45) is 10.8 Å². The van der Waals surface area contributed by atoms with Crippen LogP contribution in [0.5, 0.6) is 0 Å². The number of rotatable bonds is 4. The fourth-order valence-corrected chi connectivity index (χ4v) is 2.47. The summed E-state index contributed by atoms with van der Waals surface area (Å²) in [6.45, 7) is 0.360. The van der Waals surface area contributed by atoms with Gasteiger partial charge in [0.2, 0.25) is 0 Å². The summed E-state index contributed by atoms with van der Waals surface area (Å²) in [7, 11) is 0. The molecule has 2 aromatic carbocycles. The SMILES string of the molecule is NCC(=NNc1cc(Cl)cc(Br)c1)c1ccccc1. The molecule has 0 spiro atoms. The first-order chi connectivity index (χ1) is 9.19. The molecule has 0 aromatic heterocycles. The fourth-order valence-electron chi connectivity index (χ4n) is 1.61. The third-order valence-electron chi connectivity index (χ3n) is 2.48. The highest BCUT2D eigenvalue weighted by molar-refractivity contribution is 9.10. The van der Waals surface area contributed by atoms with Crippen molar-refractivity contribution in [3.8, 4) is 0 Å². The summed E-state index contributed by atoms with van der Waals surface area (Å²) in [6, 6.07) is 15.3. The second-order valence-corrected chi connectivity index (χ2v) is 5.25. The van der Waals surface area contributed by atoms with Crippen molar-refractivity contribution in [3.63, 3.8) is 0 Å². The van der Waals surface area contributed by atoms with Crippen LogP contribution in [0, 0.1) is 0 Å². The van der Waals surface area contributed by atoms with Crippen molar-refractivity contribution in [1.82, 2.24) is 0 Å². The lowest BCUT2D eigenvalue weighted by Gasteiger charge is -2.06. The zero-order valence-electron chi connectivity index (χ0n) is 10.1. The summed E-state index contributed by atoms with van der Waals surface area (Å²) in [4.78, 5) is 0. The first-order valence-corrected chi connectivity index (χ1v) is 6.90. The summed E-state index contributed by atoms with van der Waals surface area (Å²) in [6.07, 6.45) is 0. The lowest BCUT2D eigenvalue weighted by atomic mass is 10.1. The molecule has 98 valence electrons. The van der Waals surface area contributed by atoms with Crippen molar-refractivity contribution in [1.29, 1.82) is 0 Å². The first kappa shape index (κ1) is 14.1. The number of anilines is 1. The van der Waals surface area contributed by atoms with E-state index >= 15 is 0 Å². The molecule has 5 heteroatoms. The van der Waals surface area contributed by atoms with Crippen molar-refractivity contribution in [3.05, 3.63) is 63.6 Å². The first-order valence-electron chi connectivity index (χ1n) is 5.73. The Bertz CT molecular complexity index is 564. The maximum atomic E-state index is 5.97. The number of hydrogen-bond acceptors (Lipinski definition) is 3. The van der Waals surface area contributed by atoms with E-state index in [-0.39, 0.29) is 0 Å². The van der Waals surface area contributed by atoms with Gasteiger partial charge in [0.25, 0.3) is 0 Å². The average molecular weight is 339 g/mol. The summed E-state index contributed by atoms with van der Waals surface area (Å²) in [5.74, 6) is 0. The predicted octanol–water partition coefficient (Wildman–Crippen LogP) is 3.88. The van der Waals surface area contributed by atoms with Gasteiger partial charge in [-0.1, -0.05) is 57.9 Å². The van der Waals surface area contributed by atoms with Gasteiger partial charge in [-0.15, -0.1) is 0 Å². The lowest BCUT2D eigenvalue weighted by molar-refractivity contribution is 1.24. The van der Waals surface area contributed by atoms with Crippen molar-refractivity contribution < 1.29 is 0 Å². The molecule has 0 saturated carbocycles. The zero-order valence-corrected chi connectivity index (χ0v) is 12.4. The third kappa shape index (κ3) is 4.06. The Balaban J connectivity index is 2.20. The normalized spacial score (nSPS) is 11.4. The summed E-state index contributed by atoms with van der Waals surface area (Å²) in [5, 5.41) is 4.97. The molecule has 0 radical (unpaired) electrons. The number of nitrogens with two attached hydrogens (primary N) is 1. The molecule has 0 aliphatic carbocycles. The Morgan fingerprint density at radius 1 is 1.21 bits per heavy atom. The van der Waals surface area contributed by atoms with Crippen molar-refractivity contribution in [2.75, 3.05) is 12.0 Å². The largest absolute Gasteiger partial charge is 0.325 e. The monoisotopic (exact) mass is 337 g/mol. The highest BCUT2D eigenvalue weighted by Gasteiger charge is 2.01. The number of nitrogens with zero attached hydrogens (tertiary/aromatic N) is 1. The van der Waals surface area contributed by atoms with Crippen LogP contribution in [-0.4, -0.2) is 12.3 Å². The van der Waals surface area contributed by atoms with Gasteiger partial charge in [0, 0.05) is 16.0 Å². The Kier molecular flexibility index (Phi) is 4.96. The van der Waals surface area contributed by atoms with E-state index in [9.17, 15) is 0 Å². The Hall–Kier alpha value is -1.36. The lowest BCUT2D eigenvalue weighted by Crippen LogP contribution is -2.16. The van der Waals surface area contributed by atoms with Gasteiger partial charge < -0.3 is 5.73 Å². The van der Waals surface area contributed by atoms with Crippen molar-refractivity contribution >= 4 is 38.9 Å². The van der Waals surface area contributed by atoms with Gasteiger partial charge in [-0.05, 0) is 23.8 Å². The quantitative estimate of drug-likeness (QED) is 0.656. The molecular weight excluding hydrogens is 326 g/mol. The van der Waals surface area contributed by atoms with Gasteiger partial charge >= 0.3 is 0 Å². The van der Waals surface area contributed by atoms with E-state index in [2.05, 4.69) is 26.5 Å². The van der Waals surface area contributed by atoms with Crippen LogP contribution in [0.4, 0.5) is 5.69 Å². The number of hydrazone groups is 1. The smallest absolute Gasteiger partial charge is 0.0815 e. The van der Waals surface area contributed by atoms with E-state index in [1.807, 2.05) is 42.5 Å². The molecule has 0 amide bonds. The van der Waals surface area contributed by atoms with Gasteiger partial charge in [-0.3, -0.25) is 5.43 Å². The molecule has 0 saturated heterocycles. The van der Waals surface area contributed by atoms with E-state index in [0.29, 0.717) is 11.6 Å². The minimum Gasteiger partial charge on any atom is -0.325 e. The number of hydrogen-bond donors (Lipinski definition) is 2. The minimum absolute atomic E-state index is 0.360. The molecule has 0 unspecified atom stereocenters. The maximum Gasteiger partial charge on any atom is 0.0815 e. The Labute approximate surface area is 125 Å². The van der Waals surface area contributed by atoms with Gasteiger partial charge in [-0.2, -0.15) is 5.10 Å². The highest BCUT2D eigenvalue weighted by Crippen LogP contribution is 2.22. The van der Waals surface area contributed by atoms with Crippen LogP contribution >= 0.6 is 27.5 Å². The average Bonchev–Trinajstić information content (AvgIpc) is 2.39. The van der Waals surface area contributed by atoms with E-state index < -0.39 is 0 Å². The molecule has 0 atom stereocenters.